The van der Waals surface area contributed by atoms with Crippen molar-refractivity contribution in [3.05, 3.63) is 52.6 Å². The zero-order valence-electron chi connectivity index (χ0n) is 20.7. The molecule has 1 amide bonds. The van der Waals surface area contributed by atoms with Crippen LogP contribution in [0, 0.1) is 17.5 Å². The standard InChI is InChI=1S/C24H32N6O5/c1-15-9-10-18(34-15)20(24(2,3)4)26-22-21(27-35-30(22)33)25-17-8-6-7-16(19(17)31)23(32)29-13-11-28(5)12-14-29/h6-10,20,26,31H,11-14H2,1-5H3,(H,25,27)/t20-/m0/s1. The number of nitrogens with one attached hydrogen (secondary N) is 2. The third-order valence-corrected chi connectivity index (χ3v) is 6.12. The first kappa shape index (κ1) is 24.4. The van der Waals surface area contributed by atoms with Gasteiger partial charge >= 0.3 is 11.6 Å². The molecule has 3 N–H and O–H groups in total. The molecule has 1 aliphatic heterocycles. The van der Waals surface area contributed by atoms with Gasteiger partial charge in [0.1, 0.15) is 17.6 Å². The van der Waals surface area contributed by atoms with Gasteiger partial charge in [0.15, 0.2) is 5.75 Å². The maximum Gasteiger partial charge on any atom is 0.320 e. The summed E-state index contributed by atoms with van der Waals surface area (Å²) in [6.45, 7) is 10.6. The molecule has 1 aliphatic rings. The minimum atomic E-state index is -0.380. The van der Waals surface area contributed by atoms with Crippen LogP contribution in [-0.2, 0) is 0 Å². The highest BCUT2D eigenvalue weighted by Crippen LogP contribution is 2.38. The number of carbonyl (C=O) groups excluding carboxylic acids is 1. The van der Waals surface area contributed by atoms with Gasteiger partial charge in [-0.25, -0.2) is 0 Å². The molecule has 0 radical (unpaired) electrons. The number of hydrogen-bond acceptors (Lipinski definition) is 9. The monoisotopic (exact) mass is 484 g/mol. The number of hydrogen-bond donors (Lipinski definition) is 3. The molecule has 0 aliphatic carbocycles. The van der Waals surface area contributed by atoms with Crippen LogP contribution in [0.3, 0.4) is 0 Å². The molecule has 0 saturated carbocycles. The first-order valence-electron chi connectivity index (χ1n) is 11.5. The Morgan fingerprint density at radius 1 is 1.20 bits per heavy atom. The summed E-state index contributed by atoms with van der Waals surface area (Å²) in [5.74, 6) is 1.02. The molecule has 3 aromatic rings. The minimum Gasteiger partial charge on any atom is -0.505 e. The van der Waals surface area contributed by atoms with Gasteiger partial charge in [-0.1, -0.05) is 31.7 Å². The number of aromatic nitrogens is 2. The summed E-state index contributed by atoms with van der Waals surface area (Å²) in [4.78, 5) is 17.1. The number of carbonyl (C=O) groups is 1. The number of nitrogens with zero attached hydrogens (tertiary/aromatic N) is 4. The summed E-state index contributed by atoms with van der Waals surface area (Å²) < 4.78 is 10.7. The fourth-order valence-electron chi connectivity index (χ4n) is 4.04. The SMILES string of the molecule is Cc1ccc([C@H](Nc2c(Nc3cccc(C(=O)N4CCN(C)CC4)c3O)no[n+]2[O-])C(C)(C)C)o1. The summed E-state index contributed by atoms with van der Waals surface area (Å²) in [6.07, 6.45) is 0. The number of para-hydroxylation sites is 1. The number of aromatic hydroxyl groups is 1. The number of anilines is 3. The molecule has 4 rings (SSSR count). The van der Waals surface area contributed by atoms with Crippen LogP contribution in [0.5, 0.6) is 5.75 Å². The number of rotatable bonds is 6. The van der Waals surface area contributed by atoms with E-state index < -0.39 is 0 Å². The van der Waals surface area contributed by atoms with E-state index in [4.69, 9.17) is 9.05 Å². The Balaban J connectivity index is 1.59. The second-order valence-corrected chi connectivity index (χ2v) is 9.94. The molecule has 1 saturated heterocycles. The van der Waals surface area contributed by atoms with Gasteiger partial charge in [0.25, 0.3) is 5.91 Å². The first-order chi connectivity index (χ1) is 16.5. The van der Waals surface area contributed by atoms with Crippen LogP contribution in [0.25, 0.3) is 0 Å². The third kappa shape index (κ3) is 5.19. The number of phenols is 1. The van der Waals surface area contributed by atoms with E-state index in [1.807, 2.05) is 46.9 Å². The molecule has 188 valence electrons. The van der Waals surface area contributed by atoms with E-state index in [-0.39, 0.29) is 50.9 Å². The Morgan fingerprint density at radius 3 is 2.54 bits per heavy atom. The van der Waals surface area contributed by atoms with E-state index >= 15 is 0 Å². The third-order valence-electron chi connectivity index (χ3n) is 6.12. The second kappa shape index (κ2) is 9.49. The molecular formula is C24H32N6O5. The zero-order valence-corrected chi connectivity index (χ0v) is 20.7. The van der Waals surface area contributed by atoms with Gasteiger partial charge in [-0.2, -0.15) is 0 Å². The van der Waals surface area contributed by atoms with Crippen LogP contribution in [0.4, 0.5) is 17.3 Å². The van der Waals surface area contributed by atoms with Crippen molar-refractivity contribution in [1.82, 2.24) is 15.0 Å². The van der Waals surface area contributed by atoms with Crippen molar-refractivity contribution < 1.29 is 23.9 Å². The predicted octanol–water partition coefficient (Wildman–Crippen LogP) is 3.25. The lowest BCUT2D eigenvalue weighted by Gasteiger charge is -2.32. The fraction of sp³-hybridized carbons (Fsp3) is 0.458. The highest BCUT2D eigenvalue weighted by Gasteiger charge is 2.35. The zero-order chi connectivity index (χ0) is 25.3. The first-order valence-corrected chi connectivity index (χ1v) is 11.5. The average molecular weight is 485 g/mol. The quantitative estimate of drug-likeness (QED) is 0.356. The largest absolute Gasteiger partial charge is 0.505 e. The Morgan fingerprint density at radius 2 is 1.91 bits per heavy atom. The Labute approximate surface area is 203 Å². The van der Waals surface area contributed by atoms with Gasteiger partial charge in [-0.3, -0.25) is 10.1 Å². The van der Waals surface area contributed by atoms with Gasteiger partial charge in [0, 0.05) is 31.6 Å². The van der Waals surface area contributed by atoms with Crippen molar-refractivity contribution in [2.45, 2.75) is 33.7 Å². The fourth-order valence-corrected chi connectivity index (χ4v) is 4.04. The highest BCUT2D eigenvalue weighted by atomic mass is 16.8. The number of benzene rings is 1. The molecule has 0 bridgehead atoms. The minimum absolute atomic E-state index is 0.0224. The Kier molecular flexibility index (Phi) is 6.62. The number of piperazine rings is 1. The normalized spacial score (nSPS) is 15.7. The van der Waals surface area contributed by atoms with Crippen molar-refractivity contribution in [3.8, 4) is 5.75 Å². The molecule has 1 aromatic carbocycles. The molecule has 1 atom stereocenters. The van der Waals surface area contributed by atoms with Gasteiger partial charge in [-0.15, -0.1) is 0 Å². The number of aryl methyl sites for hydroxylation is 1. The van der Waals surface area contributed by atoms with Crippen molar-refractivity contribution >= 4 is 23.2 Å². The van der Waals surface area contributed by atoms with E-state index in [2.05, 4.69) is 20.7 Å². The van der Waals surface area contributed by atoms with Crippen molar-refractivity contribution in [1.29, 1.82) is 0 Å². The van der Waals surface area contributed by atoms with Crippen LogP contribution in [0.15, 0.2) is 39.4 Å². The molecule has 35 heavy (non-hydrogen) atoms. The Bertz CT molecular complexity index is 1190. The van der Waals surface area contributed by atoms with Crippen LogP contribution in [-0.4, -0.2) is 59.2 Å². The average Bonchev–Trinajstić information content (AvgIpc) is 3.38. The van der Waals surface area contributed by atoms with E-state index in [1.165, 1.54) is 0 Å². The van der Waals surface area contributed by atoms with E-state index in [9.17, 15) is 15.1 Å². The van der Waals surface area contributed by atoms with Gasteiger partial charge < -0.3 is 34.5 Å². The highest BCUT2D eigenvalue weighted by molar-refractivity contribution is 5.99. The van der Waals surface area contributed by atoms with E-state index in [0.717, 1.165) is 18.8 Å². The van der Waals surface area contributed by atoms with Crippen LogP contribution < -0.4 is 15.5 Å². The summed E-state index contributed by atoms with van der Waals surface area (Å²) in [6, 6.07) is 8.16. The summed E-state index contributed by atoms with van der Waals surface area (Å²) in [7, 11) is 2.01. The summed E-state index contributed by atoms with van der Waals surface area (Å²) in [5.41, 5.74) is 0.0669. The van der Waals surface area contributed by atoms with Crippen LogP contribution in [0.1, 0.15) is 48.7 Å². The van der Waals surface area contributed by atoms with Crippen molar-refractivity contribution in [3.63, 3.8) is 0 Å². The van der Waals surface area contributed by atoms with Crippen molar-refractivity contribution in [2.75, 3.05) is 43.9 Å². The maximum atomic E-state index is 13.0. The number of phenolic OH excluding ortho intramolecular Hbond substituents is 1. The molecule has 0 spiro atoms. The van der Waals surface area contributed by atoms with Crippen LogP contribution in [0.2, 0.25) is 0 Å². The summed E-state index contributed by atoms with van der Waals surface area (Å²) >= 11 is 0. The van der Waals surface area contributed by atoms with Crippen molar-refractivity contribution in [2.24, 2.45) is 5.41 Å². The molecular weight excluding hydrogens is 452 g/mol. The van der Waals surface area contributed by atoms with Gasteiger partial charge in [0.05, 0.1) is 11.3 Å². The lowest BCUT2D eigenvalue weighted by atomic mass is 9.85. The van der Waals surface area contributed by atoms with E-state index in [0.29, 0.717) is 18.8 Å². The molecule has 3 heterocycles. The number of likely N-dealkylation sites (N-methyl/N-ethyl adjacent to an activating group) is 1. The lowest BCUT2D eigenvalue weighted by Crippen LogP contribution is -2.47. The predicted molar refractivity (Wildman–Crippen MR) is 130 cm³/mol. The molecule has 1 fully saturated rings. The van der Waals surface area contributed by atoms with Crippen LogP contribution >= 0.6 is 0 Å². The molecule has 0 unspecified atom stereocenters. The van der Waals surface area contributed by atoms with E-state index in [1.54, 1.807) is 23.1 Å². The smallest absolute Gasteiger partial charge is 0.320 e. The second-order valence-electron chi connectivity index (χ2n) is 9.94. The number of amides is 1. The van der Waals surface area contributed by atoms with Gasteiger partial charge in [-0.05, 0) is 43.4 Å². The maximum absolute atomic E-state index is 13.0. The Hall–Kier alpha value is -3.73. The molecule has 2 aromatic heterocycles. The molecule has 11 heteroatoms. The van der Waals surface area contributed by atoms with Gasteiger partial charge in [0.2, 0.25) is 0 Å². The summed E-state index contributed by atoms with van der Waals surface area (Å²) in [5, 5.41) is 33.3. The molecule has 11 nitrogen and oxygen atoms in total. The lowest BCUT2D eigenvalue weighted by molar-refractivity contribution is -0.791. The number of furan rings is 1. The topological polar surface area (TPSA) is 134 Å².